The minimum atomic E-state index is -1.06. The van der Waals surface area contributed by atoms with Gasteiger partial charge in [0.1, 0.15) is 5.00 Å². The number of nitrogens with one attached hydrogen (secondary N) is 1. The summed E-state index contributed by atoms with van der Waals surface area (Å²) in [5, 5.41) is 16.2. The van der Waals surface area contributed by atoms with Gasteiger partial charge in [-0.05, 0) is 38.2 Å². The van der Waals surface area contributed by atoms with Crippen molar-refractivity contribution in [3.8, 4) is 0 Å². The molecular weight excluding hydrogens is 382 g/mol. The fourth-order valence-electron chi connectivity index (χ4n) is 3.25. The number of carbonyl (C=O) groups excluding carboxylic acids is 2. The molecule has 0 bridgehead atoms. The monoisotopic (exact) mass is 405 g/mol. The van der Waals surface area contributed by atoms with Crippen LogP contribution in [0.1, 0.15) is 63.8 Å². The third-order valence-corrected chi connectivity index (χ3v) is 5.81. The molecule has 2 aromatic rings. The number of hydrogen-bond donors (Lipinski definition) is 2. The van der Waals surface area contributed by atoms with E-state index in [2.05, 4.69) is 10.4 Å². The Morgan fingerprint density at radius 1 is 1.29 bits per heavy atom. The highest BCUT2D eigenvalue weighted by Crippen LogP contribution is 2.38. The Hall–Kier alpha value is -2.68. The maximum atomic E-state index is 12.5. The van der Waals surface area contributed by atoms with E-state index >= 15 is 0 Å². The van der Waals surface area contributed by atoms with Crippen LogP contribution in [-0.2, 0) is 28.9 Å². The minimum Gasteiger partial charge on any atom is -0.478 e. The lowest BCUT2D eigenvalue weighted by molar-refractivity contribution is -0.116. The summed E-state index contributed by atoms with van der Waals surface area (Å²) in [7, 11) is 0. The van der Waals surface area contributed by atoms with Gasteiger partial charge in [0.25, 0.3) is 0 Å². The number of aromatic carboxylic acids is 1. The summed E-state index contributed by atoms with van der Waals surface area (Å²) >= 11 is 1.45. The SMILES string of the molecule is CCOC(=O)c1c(NC(=O)CCn2cc(C(=O)O)cn2)sc2c1CCCCC2. The molecular formula is C19H23N3O5S. The van der Waals surface area contributed by atoms with Gasteiger partial charge in [-0.1, -0.05) is 6.42 Å². The number of carbonyl (C=O) groups is 3. The van der Waals surface area contributed by atoms with Crippen molar-refractivity contribution in [2.75, 3.05) is 11.9 Å². The minimum absolute atomic E-state index is 0.0759. The van der Waals surface area contributed by atoms with Crippen LogP contribution in [0.3, 0.4) is 0 Å². The smallest absolute Gasteiger partial charge is 0.341 e. The van der Waals surface area contributed by atoms with Crippen LogP contribution < -0.4 is 5.32 Å². The van der Waals surface area contributed by atoms with Crippen molar-refractivity contribution in [1.29, 1.82) is 0 Å². The summed E-state index contributed by atoms with van der Waals surface area (Å²) in [6, 6.07) is 0. The average molecular weight is 405 g/mol. The highest BCUT2D eigenvalue weighted by molar-refractivity contribution is 7.17. The number of carboxylic acid groups (broad SMARTS) is 1. The van der Waals surface area contributed by atoms with Crippen molar-refractivity contribution in [2.45, 2.75) is 52.0 Å². The van der Waals surface area contributed by atoms with E-state index in [0.29, 0.717) is 10.6 Å². The first-order chi connectivity index (χ1) is 13.5. The van der Waals surface area contributed by atoms with E-state index in [0.717, 1.165) is 42.5 Å². The van der Waals surface area contributed by atoms with E-state index in [1.807, 2.05) is 0 Å². The number of ether oxygens (including phenoxy) is 1. The van der Waals surface area contributed by atoms with Crippen molar-refractivity contribution in [2.24, 2.45) is 0 Å². The molecule has 0 saturated heterocycles. The summed E-state index contributed by atoms with van der Waals surface area (Å²) in [4.78, 5) is 37.0. The molecule has 0 radical (unpaired) electrons. The number of hydrogen-bond acceptors (Lipinski definition) is 6. The second-order valence-electron chi connectivity index (χ2n) is 6.58. The van der Waals surface area contributed by atoms with Gasteiger partial charge in [-0.15, -0.1) is 11.3 Å². The zero-order chi connectivity index (χ0) is 20.1. The number of amides is 1. The largest absolute Gasteiger partial charge is 0.478 e. The summed E-state index contributed by atoms with van der Waals surface area (Å²) in [5.41, 5.74) is 1.57. The topological polar surface area (TPSA) is 111 Å². The maximum Gasteiger partial charge on any atom is 0.341 e. The first-order valence-corrected chi connectivity index (χ1v) is 10.2. The highest BCUT2D eigenvalue weighted by Gasteiger charge is 2.26. The molecule has 1 aliphatic carbocycles. The number of rotatable bonds is 7. The zero-order valence-electron chi connectivity index (χ0n) is 15.7. The van der Waals surface area contributed by atoms with Gasteiger partial charge in [-0.25, -0.2) is 9.59 Å². The number of carboxylic acids is 1. The van der Waals surface area contributed by atoms with E-state index in [1.165, 1.54) is 28.4 Å². The van der Waals surface area contributed by atoms with Crippen LogP contribution in [0.25, 0.3) is 0 Å². The molecule has 1 aliphatic rings. The molecule has 3 rings (SSSR count). The Bertz CT molecular complexity index is 886. The van der Waals surface area contributed by atoms with Gasteiger partial charge >= 0.3 is 11.9 Å². The summed E-state index contributed by atoms with van der Waals surface area (Å²) in [5.74, 6) is -1.71. The second-order valence-corrected chi connectivity index (χ2v) is 7.69. The van der Waals surface area contributed by atoms with E-state index < -0.39 is 11.9 Å². The van der Waals surface area contributed by atoms with Gasteiger partial charge in [0, 0.05) is 24.0 Å². The second kappa shape index (κ2) is 9.01. The molecule has 28 heavy (non-hydrogen) atoms. The molecule has 9 heteroatoms. The molecule has 8 nitrogen and oxygen atoms in total. The third-order valence-electron chi connectivity index (χ3n) is 4.60. The van der Waals surface area contributed by atoms with E-state index in [9.17, 15) is 14.4 Å². The summed E-state index contributed by atoms with van der Waals surface area (Å²) in [6.07, 6.45) is 7.71. The molecule has 2 N–H and O–H groups in total. The number of esters is 1. The van der Waals surface area contributed by atoms with Gasteiger partial charge in [-0.2, -0.15) is 5.10 Å². The quantitative estimate of drug-likeness (QED) is 0.541. The molecule has 0 atom stereocenters. The van der Waals surface area contributed by atoms with Crippen LogP contribution >= 0.6 is 11.3 Å². The number of nitrogens with zero attached hydrogens (tertiary/aromatic N) is 2. The Kier molecular flexibility index (Phi) is 6.45. The number of fused-ring (bicyclic) bond motifs is 1. The highest BCUT2D eigenvalue weighted by atomic mass is 32.1. The molecule has 0 spiro atoms. The van der Waals surface area contributed by atoms with Crippen LogP contribution in [0, 0.1) is 0 Å². The molecule has 0 unspecified atom stereocenters. The Morgan fingerprint density at radius 2 is 2.07 bits per heavy atom. The standard InChI is InChI=1S/C19H23N3O5S/c1-2-27-19(26)16-13-6-4-3-5-7-14(13)28-17(16)21-15(23)8-9-22-11-12(10-20-22)18(24)25/h10-11H,2-9H2,1H3,(H,21,23)(H,24,25). The first kappa shape index (κ1) is 20.1. The molecule has 0 saturated carbocycles. The average Bonchev–Trinajstić information content (AvgIpc) is 3.19. The molecule has 0 aliphatic heterocycles. The van der Waals surface area contributed by atoms with Crippen LogP contribution in [0.2, 0.25) is 0 Å². The van der Waals surface area contributed by atoms with E-state index in [4.69, 9.17) is 9.84 Å². The van der Waals surface area contributed by atoms with Crippen molar-refractivity contribution in [3.05, 3.63) is 34.0 Å². The maximum absolute atomic E-state index is 12.5. The molecule has 1 amide bonds. The number of anilines is 1. The fraction of sp³-hybridized carbons (Fsp3) is 0.474. The Balaban J connectivity index is 1.72. The van der Waals surface area contributed by atoms with Crippen molar-refractivity contribution < 1.29 is 24.2 Å². The van der Waals surface area contributed by atoms with Crippen molar-refractivity contribution >= 4 is 34.2 Å². The van der Waals surface area contributed by atoms with Gasteiger partial charge in [0.15, 0.2) is 0 Å². The van der Waals surface area contributed by atoms with E-state index in [1.54, 1.807) is 6.92 Å². The van der Waals surface area contributed by atoms with Crippen molar-refractivity contribution in [1.82, 2.24) is 9.78 Å². The molecule has 0 aromatic carbocycles. The van der Waals surface area contributed by atoms with Crippen LogP contribution in [0.15, 0.2) is 12.4 Å². The Morgan fingerprint density at radius 3 is 2.79 bits per heavy atom. The van der Waals surface area contributed by atoms with Gasteiger partial charge in [0.2, 0.25) is 5.91 Å². The number of thiophene rings is 1. The Labute approximate surface area is 166 Å². The first-order valence-electron chi connectivity index (χ1n) is 9.36. The zero-order valence-corrected chi connectivity index (χ0v) is 16.5. The predicted octanol–water partition coefficient (Wildman–Crippen LogP) is 3.12. The molecule has 2 aromatic heterocycles. The predicted molar refractivity (Wildman–Crippen MR) is 104 cm³/mol. The van der Waals surface area contributed by atoms with Gasteiger partial charge < -0.3 is 15.2 Å². The lowest BCUT2D eigenvalue weighted by Crippen LogP contribution is -2.17. The van der Waals surface area contributed by atoms with Gasteiger partial charge in [0.05, 0.1) is 23.9 Å². The third kappa shape index (κ3) is 4.59. The lowest BCUT2D eigenvalue weighted by atomic mass is 10.1. The van der Waals surface area contributed by atoms with Crippen LogP contribution in [0.4, 0.5) is 5.00 Å². The fourth-order valence-corrected chi connectivity index (χ4v) is 4.55. The molecule has 2 heterocycles. The number of aryl methyl sites for hydroxylation is 2. The normalized spacial score (nSPS) is 13.5. The number of aromatic nitrogens is 2. The summed E-state index contributed by atoms with van der Waals surface area (Å²) in [6.45, 7) is 2.29. The molecule has 0 fully saturated rings. The summed E-state index contributed by atoms with van der Waals surface area (Å²) < 4.78 is 6.63. The van der Waals surface area contributed by atoms with Crippen LogP contribution in [0.5, 0.6) is 0 Å². The molecule has 150 valence electrons. The van der Waals surface area contributed by atoms with Crippen LogP contribution in [-0.4, -0.2) is 39.3 Å². The van der Waals surface area contributed by atoms with Gasteiger partial charge in [-0.3, -0.25) is 9.48 Å². The van der Waals surface area contributed by atoms with Crippen molar-refractivity contribution in [3.63, 3.8) is 0 Å². The van der Waals surface area contributed by atoms with E-state index in [-0.39, 0.29) is 31.0 Å². The lowest BCUT2D eigenvalue weighted by Gasteiger charge is -2.08.